The van der Waals surface area contributed by atoms with Crippen molar-refractivity contribution in [3.63, 3.8) is 0 Å². The molecular formula is C26H24FN3O2. The molecule has 1 aliphatic heterocycles. The van der Waals surface area contributed by atoms with E-state index in [9.17, 15) is 9.18 Å². The lowest BCUT2D eigenvalue weighted by Gasteiger charge is -2.37. The smallest absolute Gasteiger partial charge is 0.291 e. The second kappa shape index (κ2) is 8.48. The molecule has 1 amide bonds. The Balaban J connectivity index is 1.35. The van der Waals surface area contributed by atoms with Crippen molar-refractivity contribution in [1.29, 1.82) is 0 Å². The number of benzene rings is 2. The minimum atomic E-state index is -0.356. The molecule has 5 nitrogen and oxygen atoms in total. The Labute approximate surface area is 186 Å². The third-order valence-electron chi connectivity index (χ3n) is 5.88. The largest absolute Gasteiger partial charge is 0.455 e. The molecular weight excluding hydrogens is 405 g/mol. The number of furan rings is 1. The maximum atomic E-state index is 13.1. The highest BCUT2D eigenvalue weighted by molar-refractivity contribution is 6.02. The molecule has 0 spiro atoms. The van der Waals surface area contributed by atoms with Crippen LogP contribution in [0.2, 0.25) is 0 Å². The molecule has 3 heterocycles. The van der Waals surface area contributed by atoms with E-state index in [1.807, 2.05) is 6.07 Å². The third kappa shape index (κ3) is 4.09. The average Bonchev–Trinajstić information content (AvgIpc) is 3.46. The number of nitrogens with zero attached hydrogens (tertiary/aromatic N) is 2. The van der Waals surface area contributed by atoms with Gasteiger partial charge in [0.25, 0.3) is 5.91 Å². The lowest BCUT2D eigenvalue weighted by molar-refractivity contribution is 0.0990. The van der Waals surface area contributed by atoms with Crippen molar-refractivity contribution in [2.75, 3.05) is 11.9 Å². The van der Waals surface area contributed by atoms with Gasteiger partial charge in [-0.15, -0.1) is 0 Å². The van der Waals surface area contributed by atoms with Crippen molar-refractivity contribution < 1.29 is 13.6 Å². The summed E-state index contributed by atoms with van der Waals surface area (Å²) >= 11 is 0. The summed E-state index contributed by atoms with van der Waals surface area (Å²) in [5, 5.41) is 2.74. The van der Waals surface area contributed by atoms with Crippen LogP contribution in [0.5, 0.6) is 0 Å². The number of carbonyl (C=O) groups is 1. The quantitative estimate of drug-likeness (QED) is 0.463. The van der Waals surface area contributed by atoms with Gasteiger partial charge in [-0.05, 0) is 61.0 Å². The monoisotopic (exact) mass is 429 g/mol. The van der Waals surface area contributed by atoms with Gasteiger partial charge in [0.05, 0.1) is 12.6 Å². The first-order chi connectivity index (χ1) is 15.6. The number of rotatable bonds is 5. The zero-order valence-electron chi connectivity index (χ0n) is 17.8. The molecule has 2 aromatic carbocycles. The summed E-state index contributed by atoms with van der Waals surface area (Å²) in [7, 11) is 0. The predicted octanol–water partition coefficient (Wildman–Crippen LogP) is 5.39. The van der Waals surface area contributed by atoms with E-state index in [1.54, 1.807) is 6.07 Å². The molecule has 1 unspecified atom stereocenters. The molecule has 6 heteroatoms. The first-order valence-corrected chi connectivity index (χ1v) is 10.7. The molecule has 32 heavy (non-hydrogen) atoms. The Kier molecular flexibility index (Phi) is 5.37. The number of anilines is 1. The van der Waals surface area contributed by atoms with Gasteiger partial charge in [0.15, 0.2) is 5.76 Å². The van der Waals surface area contributed by atoms with Crippen LogP contribution in [0.4, 0.5) is 10.1 Å². The van der Waals surface area contributed by atoms with Crippen molar-refractivity contribution in [2.45, 2.75) is 26.1 Å². The van der Waals surface area contributed by atoms with Gasteiger partial charge in [0.1, 0.15) is 11.6 Å². The van der Waals surface area contributed by atoms with E-state index in [0.29, 0.717) is 12.2 Å². The van der Waals surface area contributed by atoms with Gasteiger partial charge in [-0.3, -0.25) is 9.69 Å². The average molecular weight is 429 g/mol. The summed E-state index contributed by atoms with van der Waals surface area (Å²) in [4.78, 5) is 14.9. The van der Waals surface area contributed by atoms with Crippen LogP contribution in [0.1, 0.15) is 39.2 Å². The zero-order valence-corrected chi connectivity index (χ0v) is 17.8. The summed E-state index contributed by atoms with van der Waals surface area (Å²) in [6.07, 6.45) is 2.12. The van der Waals surface area contributed by atoms with Gasteiger partial charge in [0, 0.05) is 30.7 Å². The number of carbonyl (C=O) groups excluding carboxylic acids is 1. The molecule has 0 radical (unpaired) electrons. The van der Waals surface area contributed by atoms with Crippen molar-refractivity contribution in [3.05, 3.63) is 113 Å². The Bertz CT molecular complexity index is 1220. The Morgan fingerprint density at radius 1 is 1.03 bits per heavy atom. The maximum absolute atomic E-state index is 13.1. The topological polar surface area (TPSA) is 50.4 Å². The Morgan fingerprint density at radius 2 is 1.81 bits per heavy atom. The van der Waals surface area contributed by atoms with E-state index >= 15 is 0 Å². The van der Waals surface area contributed by atoms with E-state index in [4.69, 9.17) is 4.42 Å². The summed E-state index contributed by atoms with van der Waals surface area (Å²) in [6, 6.07) is 22.2. The van der Waals surface area contributed by atoms with Gasteiger partial charge in [-0.1, -0.05) is 29.8 Å². The van der Waals surface area contributed by atoms with E-state index in [0.717, 1.165) is 18.8 Å². The zero-order chi connectivity index (χ0) is 22.1. The SMILES string of the molecule is Cc1ccc(C2c3cccn3CCN2Cc2ccc(C(=O)Nc3ccc(F)cc3)o2)cc1. The summed E-state index contributed by atoms with van der Waals surface area (Å²) in [6.45, 7) is 4.46. The number of hydrogen-bond acceptors (Lipinski definition) is 3. The van der Waals surface area contributed by atoms with Crippen LogP contribution >= 0.6 is 0 Å². The van der Waals surface area contributed by atoms with Crippen LogP contribution in [0.3, 0.4) is 0 Å². The molecule has 1 N–H and O–H groups in total. The van der Waals surface area contributed by atoms with Crippen LogP contribution in [0.15, 0.2) is 83.4 Å². The molecule has 162 valence electrons. The van der Waals surface area contributed by atoms with Crippen molar-refractivity contribution in [1.82, 2.24) is 9.47 Å². The number of amides is 1. The molecule has 0 saturated carbocycles. The molecule has 0 aliphatic carbocycles. The van der Waals surface area contributed by atoms with Crippen molar-refractivity contribution >= 4 is 11.6 Å². The lowest BCUT2D eigenvalue weighted by atomic mass is 9.99. The maximum Gasteiger partial charge on any atom is 0.291 e. The Hall–Kier alpha value is -3.64. The molecule has 0 fully saturated rings. The first kappa shape index (κ1) is 20.3. The normalized spacial score (nSPS) is 16.0. The fourth-order valence-electron chi connectivity index (χ4n) is 4.24. The van der Waals surface area contributed by atoms with E-state index in [1.165, 1.54) is 41.1 Å². The fourth-order valence-corrected chi connectivity index (χ4v) is 4.24. The highest BCUT2D eigenvalue weighted by Gasteiger charge is 2.29. The van der Waals surface area contributed by atoms with E-state index < -0.39 is 0 Å². The molecule has 5 rings (SSSR count). The number of aromatic nitrogens is 1. The highest BCUT2D eigenvalue weighted by Crippen LogP contribution is 2.34. The highest BCUT2D eigenvalue weighted by atomic mass is 19.1. The van der Waals surface area contributed by atoms with E-state index in [2.05, 4.69) is 64.3 Å². The van der Waals surface area contributed by atoms with Crippen LogP contribution in [-0.2, 0) is 13.1 Å². The van der Waals surface area contributed by atoms with Gasteiger partial charge in [-0.25, -0.2) is 4.39 Å². The fraction of sp³-hybridized carbons (Fsp3) is 0.192. The number of hydrogen-bond donors (Lipinski definition) is 1. The first-order valence-electron chi connectivity index (χ1n) is 10.7. The molecule has 0 bridgehead atoms. The van der Waals surface area contributed by atoms with Gasteiger partial charge in [0.2, 0.25) is 0 Å². The summed E-state index contributed by atoms with van der Waals surface area (Å²) in [5.74, 6) is 0.257. The second-order valence-corrected chi connectivity index (χ2v) is 8.14. The van der Waals surface area contributed by atoms with Crippen LogP contribution in [0.25, 0.3) is 0 Å². The second-order valence-electron chi connectivity index (χ2n) is 8.14. The summed E-state index contributed by atoms with van der Waals surface area (Å²) < 4.78 is 21.3. The van der Waals surface area contributed by atoms with Crippen molar-refractivity contribution in [3.8, 4) is 0 Å². The van der Waals surface area contributed by atoms with Gasteiger partial charge < -0.3 is 14.3 Å². The Morgan fingerprint density at radius 3 is 2.59 bits per heavy atom. The predicted molar refractivity (Wildman–Crippen MR) is 121 cm³/mol. The van der Waals surface area contributed by atoms with Gasteiger partial charge in [-0.2, -0.15) is 0 Å². The number of aryl methyl sites for hydroxylation is 1. The molecule has 1 atom stereocenters. The third-order valence-corrected chi connectivity index (χ3v) is 5.88. The molecule has 0 saturated heterocycles. The standard InChI is InChI=1S/C26H24FN3O2/c1-18-4-6-19(7-5-18)25-23-3-2-14-29(23)15-16-30(25)17-22-12-13-24(32-22)26(31)28-21-10-8-20(27)9-11-21/h2-14,25H,15-17H2,1H3,(H,28,31). The lowest BCUT2D eigenvalue weighted by Crippen LogP contribution is -2.37. The minimum absolute atomic E-state index is 0.112. The van der Waals surface area contributed by atoms with Crippen LogP contribution in [0, 0.1) is 12.7 Å². The van der Waals surface area contributed by atoms with Crippen LogP contribution in [-0.4, -0.2) is 21.9 Å². The number of halogens is 1. The van der Waals surface area contributed by atoms with E-state index in [-0.39, 0.29) is 23.5 Å². The van der Waals surface area contributed by atoms with Crippen LogP contribution < -0.4 is 5.32 Å². The minimum Gasteiger partial charge on any atom is -0.455 e. The molecule has 4 aromatic rings. The summed E-state index contributed by atoms with van der Waals surface area (Å²) in [5.41, 5.74) is 4.23. The molecule has 1 aliphatic rings. The number of nitrogens with one attached hydrogen (secondary N) is 1. The molecule has 2 aromatic heterocycles. The van der Waals surface area contributed by atoms with Crippen molar-refractivity contribution in [2.24, 2.45) is 0 Å². The number of fused-ring (bicyclic) bond motifs is 1. The van der Waals surface area contributed by atoms with Gasteiger partial charge >= 0.3 is 0 Å².